The van der Waals surface area contributed by atoms with Crippen LogP contribution in [0.5, 0.6) is 5.75 Å². The monoisotopic (exact) mass is 433 g/mol. The number of ether oxygens (including phenoxy) is 1. The number of rotatable bonds is 6. The number of aromatic nitrogens is 4. The number of nitrogens with zero attached hydrogens (tertiary/aromatic N) is 3. The van der Waals surface area contributed by atoms with E-state index in [1.807, 2.05) is 42.1 Å². The summed E-state index contributed by atoms with van der Waals surface area (Å²) in [6.07, 6.45) is 3.48. The van der Waals surface area contributed by atoms with Crippen molar-refractivity contribution < 1.29 is 9.53 Å². The Labute approximate surface area is 183 Å². The van der Waals surface area contributed by atoms with E-state index in [0.717, 1.165) is 5.56 Å². The van der Waals surface area contributed by atoms with Crippen LogP contribution in [0, 0.1) is 0 Å². The van der Waals surface area contributed by atoms with Crippen LogP contribution in [0.3, 0.4) is 0 Å². The molecule has 9 nitrogen and oxygen atoms in total. The maximum Gasteiger partial charge on any atom is 0.316 e. The predicted molar refractivity (Wildman–Crippen MR) is 120 cm³/mol. The quantitative estimate of drug-likeness (QED) is 0.452. The molecule has 0 aliphatic carbocycles. The molecule has 4 rings (SSSR count). The van der Waals surface area contributed by atoms with Gasteiger partial charge in [-0.2, -0.15) is 0 Å². The molecule has 9 heteroatoms. The number of benzene rings is 2. The van der Waals surface area contributed by atoms with Crippen LogP contribution >= 0.6 is 0 Å². The lowest BCUT2D eigenvalue weighted by atomic mass is 10.0. The van der Waals surface area contributed by atoms with Crippen molar-refractivity contribution in [1.29, 1.82) is 0 Å². The Morgan fingerprint density at radius 3 is 2.56 bits per heavy atom. The summed E-state index contributed by atoms with van der Waals surface area (Å²) >= 11 is 0. The Morgan fingerprint density at radius 1 is 1.19 bits per heavy atom. The number of hydrogen-bond donors (Lipinski definition) is 2. The molecular weight excluding hydrogens is 410 g/mol. The van der Waals surface area contributed by atoms with E-state index >= 15 is 0 Å². The van der Waals surface area contributed by atoms with Crippen molar-refractivity contribution >= 4 is 16.9 Å². The Hall–Kier alpha value is -4.14. The summed E-state index contributed by atoms with van der Waals surface area (Å²) in [5, 5.41) is 3.03. The molecule has 0 saturated carbocycles. The van der Waals surface area contributed by atoms with Gasteiger partial charge in [0.05, 0.1) is 18.1 Å². The highest BCUT2D eigenvalue weighted by molar-refractivity contribution is 5.97. The second-order valence-electron chi connectivity index (χ2n) is 7.31. The average Bonchev–Trinajstić information content (AvgIpc) is 3.23. The molecule has 1 atom stereocenters. The number of methoxy groups -OCH3 is 1. The molecule has 1 unspecified atom stereocenters. The van der Waals surface area contributed by atoms with Gasteiger partial charge < -0.3 is 24.2 Å². The van der Waals surface area contributed by atoms with Crippen LogP contribution in [0.1, 0.15) is 34.7 Å². The summed E-state index contributed by atoms with van der Waals surface area (Å²) in [6, 6.07) is 11.7. The summed E-state index contributed by atoms with van der Waals surface area (Å²) in [5.74, 6) is 1.03. The van der Waals surface area contributed by atoms with Crippen molar-refractivity contribution in [3.8, 4) is 5.75 Å². The second kappa shape index (κ2) is 8.54. The van der Waals surface area contributed by atoms with E-state index in [1.54, 1.807) is 38.4 Å². The average molecular weight is 433 g/mol. The van der Waals surface area contributed by atoms with Crippen molar-refractivity contribution in [2.75, 3.05) is 7.11 Å². The maximum absolute atomic E-state index is 13.2. The molecule has 0 saturated heterocycles. The highest BCUT2D eigenvalue weighted by Crippen LogP contribution is 2.24. The minimum Gasteiger partial charge on any atom is -0.497 e. The Morgan fingerprint density at radius 2 is 1.94 bits per heavy atom. The maximum atomic E-state index is 13.2. The van der Waals surface area contributed by atoms with Crippen LogP contribution in [0.15, 0.2) is 64.4 Å². The molecule has 0 aliphatic heterocycles. The van der Waals surface area contributed by atoms with Gasteiger partial charge in [0.25, 0.3) is 5.91 Å². The van der Waals surface area contributed by atoms with Crippen LogP contribution in [-0.4, -0.2) is 32.1 Å². The summed E-state index contributed by atoms with van der Waals surface area (Å²) in [7, 11) is 3.45. The van der Waals surface area contributed by atoms with Crippen LogP contribution in [-0.2, 0) is 13.6 Å². The number of carbonyl (C=O) groups is 1. The summed E-state index contributed by atoms with van der Waals surface area (Å²) in [5.41, 5.74) is 0.823. The van der Waals surface area contributed by atoms with Crippen molar-refractivity contribution in [2.45, 2.75) is 19.5 Å². The highest BCUT2D eigenvalue weighted by Gasteiger charge is 2.22. The Balaban J connectivity index is 1.72. The third kappa shape index (κ3) is 3.80. The van der Waals surface area contributed by atoms with Gasteiger partial charge in [0.1, 0.15) is 17.6 Å². The standard InChI is InChI=1S/C23H23N5O4/c1-4-28-18-10-7-15(13-17(18)25-22(30)23(28)31)21(29)26-19(20-24-11-12-27(20)2)14-5-8-16(32-3)9-6-14/h5-13,19H,4H2,1-3H3,(H,25,30)(H,26,29). The third-order valence-electron chi connectivity index (χ3n) is 5.39. The van der Waals surface area contributed by atoms with E-state index in [0.29, 0.717) is 34.7 Å². The summed E-state index contributed by atoms with van der Waals surface area (Å²) in [6.45, 7) is 2.14. The second-order valence-corrected chi connectivity index (χ2v) is 7.31. The third-order valence-corrected chi connectivity index (χ3v) is 5.39. The van der Waals surface area contributed by atoms with Gasteiger partial charge >= 0.3 is 11.1 Å². The van der Waals surface area contributed by atoms with E-state index in [9.17, 15) is 14.4 Å². The van der Waals surface area contributed by atoms with E-state index in [1.165, 1.54) is 4.57 Å². The zero-order valence-corrected chi connectivity index (χ0v) is 18.0. The number of carbonyl (C=O) groups excluding carboxylic acids is 1. The van der Waals surface area contributed by atoms with Crippen LogP contribution in [0.4, 0.5) is 0 Å². The van der Waals surface area contributed by atoms with Gasteiger partial charge in [-0.1, -0.05) is 12.1 Å². The molecule has 0 fully saturated rings. The normalized spacial score (nSPS) is 12.0. The molecule has 0 spiro atoms. The lowest BCUT2D eigenvalue weighted by Gasteiger charge is -2.20. The van der Waals surface area contributed by atoms with E-state index in [-0.39, 0.29) is 5.91 Å². The summed E-state index contributed by atoms with van der Waals surface area (Å²) in [4.78, 5) is 44.2. The van der Waals surface area contributed by atoms with Gasteiger partial charge in [0.15, 0.2) is 0 Å². The smallest absolute Gasteiger partial charge is 0.316 e. The fourth-order valence-corrected chi connectivity index (χ4v) is 3.70. The first-order valence-corrected chi connectivity index (χ1v) is 10.1. The molecule has 2 aromatic heterocycles. The molecule has 164 valence electrons. The van der Waals surface area contributed by atoms with Crippen LogP contribution in [0.25, 0.3) is 11.0 Å². The first-order valence-electron chi connectivity index (χ1n) is 10.1. The Kier molecular flexibility index (Phi) is 5.63. The first-order chi connectivity index (χ1) is 15.4. The molecule has 2 N–H and O–H groups in total. The van der Waals surface area contributed by atoms with Gasteiger partial charge in [0.2, 0.25) is 0 Å². The number of hydrogen-bond acceptors (Lipinski definition) is 5. The largest absolute Gasteiger partial charge is 0.497 e. The minimum atomic E-state index is -0.721. The molecule has 1 amide bonds. The lowest BCUT2D eigenvalue weighted by Crippen LogP contribution is -2.36. The predicted octanol–water partition coefficient (Wildman–Crippen LogP) is 1.97. The van der Waals surface area contributed by atoms with Crippen molar-refractivity contribution in [1.82, 2.24) is 24.4 Å². The highest BCUT2D eigenvalue weighted by atomic mass is 16.5. The number of aromatic amines is 1. The van der Waals surface area contributed by atoms with Crippen LogP contribution < -0.4 is 21.2 Å². The summed E-state index contributed by atoms with van der Waals surface area (Å²) < 4.78 is 8.45. The van der Waals surface area contributed by atoms with Gasteiger partial charge in [-0.3, -0.25) is 14.4 Å². The van der Waals surface area contributed by atoms with Gasteiger partial charge in [0, 0.05) is 31.5 Å². The molecule has 0 aliphatic rings. The van der Waals surface area contributed by atoms with E-state index < -0.39 is 17.2 Å². The molecule has 2 aromatic carbocycles. The van der Waals surface area contributed by atoms with E-state index in [4.69, 9.17) is 4.74 Å². The minimum absolute atomic E-state index is 0.342. The fourth-order valence-electron chi connectivity index (χ4n) is 3.70. The van der Waals surface area contributed by atoms with Crippen LogP contribution in [0.2, 0.25) is 0 Å². The van der Waals surface area contributed by atoms with Gasteiger partial charge in [-0.25, -0.2) is 4.98 Å². The SMILES string of the molecule is CCn1c(=O)c(=O)[nH]c2cc(C(=O)NC(c3ccc(OC)cc3)c3nccn3C)ccc21. The number of imidazole rings is 1. The topological polar surface area (TPSA) is 111 Å². The molecular formula is C23H23N5O4. The zero-order valence-electron chi connectivity index (χ0n) is 18.0. The Bertz CT molecular complexity index is 1400. The first kappa shape index (κ1) is 21.1. The lowest BCUT2D eigenvalue weighted by molar-refractivity contribution is 0.0941. The molecule has 0 radical (unpaired) electrons. The molecule has 2 heterocycles. The number of amides is 1. The number of fused-ring (bicyclic) bond motifs is 1. The van der Waals surface area contributed by atoms with Gasteiger partial charge in [-0.05, 0) is 42.8 Å². The van der Waals surface area contributed by atoms with E-state index in [2.05, 4.69) is 15.3 Å². The molecule has 4 aromatic rings. The number of aryl methyl sites for hydroxylation is 2. The van der Waals surface area contributed by atoms with Crippen molar-refractivity contribution in [3.63, 3.8) is 0 Å². The molecule has 32 heavy (non-hydrogen) atoms. The van der Waals surface area contributed by atoms with Crippen molar-refractivity contribution in [3.05, 3.63) is 92.5 Å². The number of H-pyrrole nitrogens is 1. The zero-order chi connectivity index (χ0) is 22.8. The fraction of sp³-hybridized carbons (Fsp3) is 0.217. The number of nitrogens with one attached hydrogen (secondary N) is 2. The molecule has 0 bridgehead atoms. The van der Waals surface area contributed by atoms with Gasteiger partial charge in [-0.15, -0.1) is 0 Å². The van der Waals surface area contributed by atoms with Crippen molar-refractivity contribution in [2.24, 2.45) is 7.05 Å².